The minimum atomic E-state index is -0.395. The average molecular weight is 466 g/mol. The molecule has 2 heterocycles. The largest absolute Gasteiger partial charge is 0.372 e. The van der Waals surface area contributed by atoms with E-state index in [4.69, 9.17) is 0 Å². The van der Waals surface area contributed by atoms with Crippen LogP contribution in [0, 0.1) is 11.3 Å². The second kappa shape index (κ2) is 8.00. The molecule has 0 fully saturated rings. The van der Waals surface area contributed by atoms with Crippen molar-refractivity contribution in [1.29, 1.82) is 5.26 Å². The maximum atomic E-state index is 12.6. The summed E-state index contributed by atoms with van der Waals surface area (Å²) in [7, 11) is 0. The fourth-order valence-corrected chi connectivity index (χ4v) is 4.70. The van der Waals surface area contributed by atoms with Gasteiger partial charge in [-0.1, -0.05) is 0 Å². The molecule has 0 unspecified atom stereocenters. The summed E-state index contributed by atoms with van der Waals surface area (Å²) in [5.74, 6) is -0.785. The van der Waals surface area contributed by atoms with Crippen LogP contribution in [0.15, 0.2) is 39.0 Å². The maximum absolute atomic E-state index is 12.6. The number of amides is 2. The highest BCUT2D eigenvalue weighted by Crippen LogP contribution is 2.40. The molecule has 4 rings (SSSR count). The molecule has 0 saturated heterocycles. The number of carbonyl (C=O) groups is 2. The van der Waals surface area contributed by atoms with Gasteiger partial charge in [0.2, 0.25) is 0 Å². The van der Waals surface area contributed by atoms with Crippen molar-refractivity contribution in [2.75, 3.05) is 24.5 Å². The summed E-state index contributed by atoms with van der Waals surface area (Å²) in [6.07, 6.45) is 2.09. The van der Waals surface area contributed by atoms with E-state index in [2.05, 4.69) is 50.1 Å². The van der Waals surface area contributed by atoms with Crippen LogP contribution in [-0.4, -0.2) is 36.3 Å². The lowest BCUT2D eigenvalue weighted by Gasteiger charge is -2.30. The monoisotopic (exact) mass is 465 g/mol. The van der Waals surface area contributed by atoms with Crippen LogP contribution in [0.5, 0.6) is 0 Å². The minimum Gasteiger partial charge on any atom is -0.372 e. The Labute approximate surface area is 183 Å². The fraction of sp³-hybridized carbons (Fsp3) is 0.318. The predicted molar refractivity (Wildman–Crippen MR) is 117 cm³/mol. The van der Waals surface area contributed by atoms with Crippen LogP contribution in [0.2, 0.25) is 0 Å². The number of anilines is 1. The van der Waals surface area contributed by atoms with Crippen molar-refractivity contribution in [2.24, 2.45) is 10.2 Å². The molecule has 30 heavy (non-hydrogen) atoms. The van der Waals surface area contributed by atoms with Crippen molar-refractivity contribution >= 4 is 44.8 Å². The molecule has 2 aliphatic heterocycles. The summed E-state index contributed by atoms with van der Waals surface area (Å²) >= 11 is 3.39. The third-order valence-electron chi connectivity index (χ3n) is 5.54. The number of benzene rings is 2. The first-order chi connectivity index (χ1) is 14.5. The van der Waals surface area contributed by atoms with E-state index in [0.717, 1.165) is 30.8 Å². The summed E-state index contributed by atoms with van der Waals surface area (Å²) in [5, 5.41) is 18.2. The Balaban J connectivity index is 1.74. The van der Waals surface area contributed by atoms with Gasteiger partial charge in [-0.05, 0) is 72.4 Å². The minimum absolute atomic E-state index is 0.193. The van der Waals surface area contributed by atoms with Crippen molar-refractivity contribution in [3.63, 3.8) is 0 Å². The lowest BCUT2D eigenvalue weighted by Crippen LogP contribution is -2.29. The van der Waals surface area contributed by atoms with Crippen LogP contribution in [0.4, 0.5) is 17.1 Å². The molecule has 0 radical (unpaired) electrons. The molecule has 0 aromatic heterocycles. The Morgan fingerprint density at radius 1 is 1.13 bits per heavy atom. The summed E-state index contributed by atoms with van der Waals surface area (Å²) in [4.78, 5) is 28.6. The molecule has 8 heteroatoms. The number of rotatable bonds is 4. The van der Waals surface area contributed by atoms with Crippen LogP contribution in [0.25, 0.3) is 0 Å². The predicted octanol–water partition coefficient (Wildman–Crippen LogP) is 5.12. The molecule has 0 aliphatic carbocycles. The highest BCUT2D eigenvalue weighted by molar-refractivity contribution is 9.10. The molecule has 2 amide bonds. The van der Waals surface area contributed by atoms with Gasteiger partial charge in [-0.15, -0.1) is 5.11 Å². The number of fused-ring (bicyclic) bond motifs is 2. The molecule has 2 aromatic rings. The normalized spacial score (nSPS) is 15.5. The van der Waals surface area contributed by atoms with E-state index in [1.165, 1.54) is 17.3 Å². The van der Waals surface area contributed by atoms with Crippen molar-refractivity contribution in [1.82, 2.24) is 4.90 Å². The van der Waals surface area contributed by atoms with Crippen molar-refractivity contribution in [2.45, 2.75) is 26.7 Å². The average Bonchev–Trinajstić information content (AvgIpc) is 3.01. The molecule has 0 saturated carbocycles. The van der Waals surface area contributed by atoms with Gasteiger partial charge < -0.3 is 4.90 Å². The zero-order valence-electron chi connectivity index (χ0n) is 16.8. The third-order valence-corrected chi connectivity index (χ3v) is 6.31. The number of nitriles is 1. The van der Waals surface area contributed by atoms with Gasteiger partial charge in [-0.25, -0.2) is 0 Å². The molecular weight excluding hydrogens is 446 g/mol. The van der Waals surface area contributed by atoms with Crippen LogP contribution < -0.4 is 4.90 Å². The van der Waals surface area contributed by atoms with Gasteiger partial charge in [0.25, 0.3) is 11.8 Å². The molecule has 2 aromatic carbocycles. The number of aryl methyl sites for hydroxylation is 1. The van der Waals surface area contributed by atoms with Crippen LogP contribution in [-0.2, 0) is 6.42 Å². The smallest absolute Gasteiger partial charge is 0.262 e. The quantitative estimate of drug-likeness (QED) is 0.462. The van der Waals surface area contributed by atoms with Gasteiger partial charge in [0.15, 0.2) is 0 Å². The van der Waals surface area contributed by atoms with E-state index >= 15 is 0 Å². The van der Waals surface area contributed by atoms with Crippen LogP contribution >= 0.6 is 15.9 Å². The highest BCUT2D eigenvalue weighted by atomic mass is 79.9. The van der Waals surface area contributed by atoms with E-state index < -0.39 is 11.8 Å². The summed E-state index contributed by atoms with van der Waals surface area (Å²) < 4.78 is 0.324. The maximum Gasteiger partial charge on any atom is 0.262 e. The topological polar surface area (TPSA) is 89.1 Å². The lowest BCUT2D eigenvalue weighted by atomic mass is 10.0. The van der Waals surface area contributed by atoms with E-state index in [1.54, 1.807) is 6.92 Å². The highest BCUT2D eigenvalue weighted by Gasteiger charge is 2.38. The van der Waals surface area contributed by atoms with Gasteiger partial charge in [0.1, 0.15) is 11.8 Å². The molecule has 0 atom stereocenters. The summed E-state index contributed by atoms with van der Waals surface area (Å²) in [5.41, 5.74) is 4.04. The van der Waals surface area contributed by atoms with Gasteiger partial charge in [-0.2, -0.15) is 10.4 Å². The Bertz CT molecular complexity index is 1140. The molecule has 0 N–H and O–H groups in total. The Hall–Kier alpha value is -3.05. The van der Waals surface area contributed by atoms with Crippen molar-refractivity contribution < 1.29 is 9.59 Å². The number of imide groups is 1. The van der Waals surface area contributed by atoms with E-state index in [1.807, 2.05) is 12.1 Å². The zero-order chi connectivity index (χ0) is 21.4. The fourth-order valence-electron chi connectivity index (χ4n) is 4.02. The van der Waals surface area contributed by atoms with Gasteiger partial charge in [-0.3, -0.25) is 14.5 Å². The Morgan fingerprint density at radius 2 is 1.93 bits per heavy atom. The first-order valence-corrected chi connectivity index (χ1v) is 10.7. The molecular formula is C22H20BrN5O2. The number of hydrogen-bond acceptors (Lipinski definition) is 6. The second-order valence-electron chi connectivity index (χ2n) is 7.17. The Morgan fingerprint density at radius 3 is 2.63 bits per heavy atom. The second-order valence-corrected chi connectivity index (χ2v) is 7.96. The summed E-state index contributed by atoms with van der Waals surface area (Å²) in [6.45, 7) is 6.16. The summed E-state index contributed by atoms with van der Waals surface area (Å²) in [6, 6.07) is 9.46. The standard InChI is InChI=1S/C22H20BrN5O2/c1-3-27-9-5-6-13-10-15(7-8-17(13)27)25-26-20-14(12-24)11-16-18(19(20)23)22(30)28(4-2)21(16)29/h7-8,10-11H,3-6,9H2,1-2H3/b26-25+. The Kier molecular flexibility index (Phi) is 5.39. The van der Waals surface area contributed by atoms with Crippen molar-refractivity contribution in [3.05, 3.63) is 51.0 Å². The van der Waals surface area contributed by atoms with Crippen molar-refractivity contribution in [3.8, 4) is 6.07 Å². The number of halogens is 1. The molecule has 7 nitrogen and oxygen atoms in total. The van der Waals surface area contributed by atoms with Gasteiger partial charge >= 0.3 is 0 Å². The third kappa shape index (κ3) is 3.19. The van der Waals surface area contributed by atoms with Gasteiger partial charge in [0.05, 0.1) is 26.9 Å². The first-order valence-electron chi connectivity index (χ1n) is 9.92. The SMILES string of the molecule is CCN1C(=O)c2cc(C#N)c(/N=N/c3ccc4c(c3)CCCN4CC)c(Br)c2C1=O. The van der Waals surface area contributed by atoms with E-state index in [0.29, 0.717) is 10.2 Å². The number of nitrogens with zero attached hydrogens (tertiary/aromatic N) is 5. The van der Waals surface area contributed by atoms with E-state index in [-0.39, 0.29) is 28.9 Å². The first kappa shape index (κ1) is 20.2. The molecule has 0 bridgehead atoms. The molecule has 152 valence electrons. The van der Waals surface area contributed by atoms with Crippen LogP contribution in [0.3, 0.4) is 0 Å². The van der Waals surface area contributed by atoms with E-state index in [9.17, 15) is 14.9 Å². The number of hydrogen-bond donors (Lipinski definition) is 0. The van der Waals surface area contributed by atoms with Crippen LogP contribution in [0.1, 0.15) is 52.1 Å². The number of carbonyl (C=O) groups excluding carboxylic acids is 2. The zero-order valence-corrected chi connectivity index (χ0v) is 18.4. The lowest BCUT2D eigenvalue weighted by molar-refractivity contribution is 0.0662. The van der Waals surface area contributed by atoms with Gasteiger partial charge in [0, 0.05) is 25.3 Å². The molecule has 2 aliphatic rings. The number of azo groups is 1. The molecule has 0 spiro atoms.